The summed E-state index contributed by atoms with van der Waals surface area (Å²) in [5.74, 6) is 1.22. The second-order valence-electron chi connectivity index (χ2n) is 12.1. The Bertz CT molecular complexity index is 590. The highest BCUT2D eigenvalue weighted by atomic mass is 16.6. The minimum absolute atomic E-state index is 0.0197. The van der Waals surface area contributed by atoms with Crippen LogP contribution in [0.4, 0.5) is 0 Å². The average Bonchev–Trinajstić information content (AvgIpc) is 2.77. The number of fused-ring (bicyclic) bond motifs is 1. The molecule has 0 radical (unpaired) electrons. The number of carbonyl (C=O) groups excluding carboxylic acids is 1. The SMILES string of the molecule is CCCCCCCCCCCCCCCC(=O)OC(C)(C)[C@@H]1CCC2=CCC[C@@H](C)[C@]2(C)C1. The highest BCUT2D eigenvalue weighted by molar-refractivity contribution is 5.69. The lowest BCUT2D eigenvalue weighted by molar-refractivity contribution is -0.164. The van der Waals surface area contributed by atoms with Crippen molar-refractivity contribution in [3.8, 4) is 0 Å². The van der Waals surface area contributed by atoms with E-state index in [-0.39, 0.29) is 11.6 Å². The zero-order chi connectivity index (χ0) is 24.2. The molecule has 0 aromatic carbocycles. The van der Waals surface area contributed by atoms with E-state index in [1.165, 1.54) is 103 Å². The molecule has 2 heteroatoms. The van der Waals surface area contributed by atoms with Gasteiger partial charge >= 0.3 is 5.97 Å². The predicted octanol–water partition coefficient (Wildman–Crippen LogP) is 9.95. The van der Waals surface area contributed by atoms with E-state index in [0.717, 1.165) is 18.8 Å². The van der Waals surface area contributed by atoms with Crippen LogP contribution in [0.2, 0.25) is 0 Å². The molecule has 0 saturated heterocycles. The fourth-order valence-corrected chi connectivity index (χ4v) is 6.35. The van der Waals surface area contributed by atoms with Crippen molar-refractivity contribution in [3.63, 3.8) is 0 Å². The number of hydrogen-bond acceptors (Lipinski definition) is 2. The summed E-state index contributed by atoms with van der Waals surface area (Å²) in [4.78, 5) is 12.6. The van der Waals surface area contributed by atoms with Crippen LogP contribution < -0.4 is 0 Å². The Hall–Kier alpha value is -0.790. The maximum Gasteiger partial charge on any atom is 0.306 e. The minimum atomic E-state index is -0.348. The number of hydrogen-bond donors (Lipinski definition) is 0. The van der Waals surface area contributed by atoms with Crippen LogP contribution in [0.15, 0.2) is 11.6 Å². The third-order valence-corrected chi connectivity index (χ3v) is 9.09. The normalized spacial score (nSPS) is 25.4. The highest BCUT2D eigenvalue weighted by Gasteiger charge is 2.46. The topological polar surface area (TPSA) is 26.3 Å². The molecule has 33 heavy (non-hydrogen) atoms. The zero-order valence-corrected chi connectivity index (χ0v) is 23.0. The summed E-state index contributed by atoms with van der Waals surface area (Å²) < 4.78 is 6.09. The molecule has 0 bridgehead atoms. The van der Waals surface area contributed by atoms with E-state index in [1.807, 2.05) is 0 Å². The Morgan fingerprint density at radius 3 is 2.06 bits per heavy atom. The van der Waals surface area contributed by atoms with Crippen molar-refractivity contribution < 1.29 is 9.53 Å². The van der Waals surface area contributed by atoms with Crippen LogP contribution in [0.5, 0.6) is 0 Å². The van der Waals surface area contributed by atoms with Gasteiger partial charge in [-0.3, -0.25) is 4.79 Å². The van der Waals surface area contributed by atoms with Crippen LogP contribution in [-0.4, -0.2) is 11.6 Å². The molecule has 0 spiro atoms. The van der Waals surface area contributed by atoms with Crippen LogP contribution >= 0.6 is 0 Å². The van der Waals surface area contributed by atoms with Crippen molar-refractivity contribution in [1.29, 1.82) is 0 Å². The lowest BCUT2D eigenvalue weighted by atomic mass is 9.56. The van der Waals surface area contributed by atoms with E-state index in [4.69, 9.17) is 4.74 Å². The maximum atomic E-state index is 12.6. The number of allylic oxidation sites excluding steroid dienone is 2. The van der Waals surface area contributed by atoms with Gasteiger partial charge in [0.25, 0.3) is 0 Å². The van der Waals surface area contributed by atoms with Crippen LogP contribution in [0, 0.1) is 17.3 Å². The van der Waals surface area contributed by atoms with Crippen molar-refractivity contribution in [1.82, 2.24) is 0 Å². The number of carbonyl (C=O) groups is 1. The van der Waals surface area contributed by atoms with Crippen LogP contribution in [0.1, 0.15) is 157 Å². The minimum Gasteiger partial charge on any atom is -0.459 e. The van der Waals surface area contributed by atoms with Crippen molar-refractivity contribution in [3.05, 3.63) is 11.6 Å². The smallest absolute Gasteiger partial charge is 0.306 e. The van der Waals surface area contributed by atoms with Gasteiger partial charge in [-0.25, -0.2) is 0 Å². The van der Waals surface area contributed by atoms with Gasteiger partial charge in [-0.05, 0) is 69.6 Å². The second kappa shape index (κ2) is 14.6. The summed E-state index contributed by atoms with van der Waals surface area (Å²) in [5.41, 5.74) is 1.63. The largest absolute Gasteiger partial charge is 0.459 e. The molecule has 0 aliphatic heterocycles. The molecular weight excluding hydrogens is 404 g/mol. The van der Waals surface area contributed by atoms with Gasteiger partial charge < -0.3 is 4.74 Å². The summed E-state index contributed by atoms with van der Waals surface area (Å²) in [5, 5.41) is 0. The van der Waals surface area contributed by atoms with E-state index in [2.05, 4.69) is 40.7 Å². The predicted molar refractivity (Wildman–Crippen MR) is 142 cm³/mol. The third-order valence-electron chi connectivity index (χ3n) is 9.09. The van der Waals surface area contributed by atoms with E-state index < -0.39 is 0 Å². The second-order valence-corrected chi connectivity index (χ2v) is 12.1. The molecule has 0 heterocycles. The molecule has 0 aromatic heterocycles. The van der Waals surface area contributed by atoms with Gasteiger partial charge in [0.05, 0.1) is 0 Å². The number of esters is 1. The molecule has 3 atom stereocenters. The maximum absolute atomic E-state index is 12.6. The summed E-state index contributed by atoms with van der Waals surface area (Å²) in [6.07, 6.45) is 26.5. The summed E-state index contributed by atoms with van der Waals surface area (Å²) >= 11 is 0. The summed E-state index contributed by atoms with van der Waals surface area (Å²) in [6, 6.07) is 0. The van der Waals surface area contributed by atoms with Gasteiger partial charge in [0, 0.05) is 6.42 Å². The molecule has 192 valence electrons. The fraction of sp³-hybridized carbons (Fsp3) is 0.903. The van der Waals surface area contributed by atoms with Gasteiger partial charge in [0.2, 0.25) is 0 Å². The van der Waals surface area contributed by atoms with Gasteiger partial charge in [0.1, 0.15) is 5.60 Å². The quantitative estimate of drug-likeness (QED) is 0.130. The number of rotatable bonds is 16. The van der Waals surface area contributed by atoms with Crippen LogP contribution in [-0.2, 0) is 9.53 Å². The van der Waals surface area contributed by atoms with E-state index in [1.54, 1.807) is 5.57 Å². The Balaban J connectivity index is 1.54. The summed E-state index contributed by atoms with van der Waals surface area (Å²) in [6.45, 7) is 11.5. The molecule has 2 nitrogen and oxygen atoms in total. The van der Waals surface area contributed by atoms with Crippen molar-refractivity contribution >= 4 is 5.97 Å². The highest BCUT2D eigenvalue weighted by Crippen LogP contribution is 2.54. The third kappa shape index (κ3) is 9.41. The monoisotopic (exact) mass is 460 g/mol. The van der Waals surface area contributed by atoms with Crippen molar-refractivity contribution in [2.45, 2.75) is 162 Å². The molecule has 2 aliphatic rings. The van der Waals surface area contributed by atoms with E-state index >= 15 is 0 Å². The lowest BCUT2D eigenvalue weighted by Gasteiger charge is -2.50. The Morgan fingerprint density at radius 1 is 0.939 bits per heavy atom. The molecule has 1 saturated carbocycles. The fourth-order valence-electron chi connectivity index (χ4n) is 6.35. The number of ether oxygens (including phenoxy) is 1. The van der Waals surface area contributed by atoms with Crippen LogP contribution in [0.3, 0.4) is 0 Å². The molecule has 1 fully saturated rings. The summed E-state index contributed by atoms with van der Waals surface area (Å²) in [7, 11) is 0. The van der Waals surface area contributed by atoms with E-state index in [0.29, 0.717) is 17.8 Å². The molecule has 0 N–H and O–H groups in total. The standard InChI is InChI=1S/C31H56O2/c1-6-7-8-9-10-11-12-13-14-15-16-17-18-22-29(32)33-30(3,4)28-24-23-27-21-19-20-26(2)31(27,5)25-28/h21,26,28H,6-20,22-25H2,1-5H3/t26-,28-,31+/m1/s1. The molecule has 0 amide bonds. The first kappa shape index (κ1) is 28.4. The first-order valence-corrected chi connectivity index (χ1v) is 14.7. The molecule has 0 unspecified atom stereocenters. The zero-order valence-electron chi connectivity index (χ0n) is 23.0. The van der Waals surface area contributed by atoms with Gasteiger partial charge in [-0.1, -0.05) is 109 Å². The molecule has 0 aromatic rings. The average molecular weight is 461 g/mol. The first-order valence-electron chi connectivity index (χ1n) is 14.7. The van der Waals surface area contributed by atoms with Gasteiger partial charge in [0.15, 0.2) is 0 Å². The van der Waals surface area contributed by atoms with Gasteiger partial charge in [-0.15, -0.1) is 0 Å². The van der Waals surface area contributed by atoms with Gasteiger partial charge in [-0.2, -0.15) is 0 Å². The van der Waals surface area contributed by atoms with Crippen molar-refractivity contribution in [2.24, 2.45) is 17.3 Å². The molecule has 2 rings (SSSR count). The number of unbranched alkanes of at least 4 members (excludes halogenated alkanes) is 12. The molecule has 2 aliphatic carbocycles. The Kier molecular flexibility index (Phi) is 12.6. The van der Waals surface area contributed by atoms with Crippen LogP contribution in [0.25, 0.3) is 0 Å². The van der Waals surface area contributed by atoms with E-state index in [9.17, 15) is 4.79 Å². The Labute approximate surface area is 206 Å². The Morgan fingerprint density at radius 2 is 1.48 bits per heavy atom. The lowest BCUT2D eigenvalue weighted by Crippen LogP contribution is -2.45. The first-order chi connectivity index (χ1) is 15.8. The van der Waals surface area contributed by atoms with Crippen molar-refractivity contribution in [2.75, 3.05) is 0 Å². The molecular formula is C31H56O2.